The normalized spacial score (nSPS) is 10.4. The number of hydrogen-bond acceptors (Lipinski definition) is 6. The zero-order valence-corrected chi connectivity index (χ0v) is 19.9. The molecule has 4 rings (SSSR count). The summed E-state index contributed by atoms with van der Waals surface area (Å²) in [5.41, 5.74) is 4.29. The molecule has 0 saturated carbocycles. The maximum Gasteiger partial charge on any atom is 0.344 e. The molecule has 3 aromatic carbocycles. The number of furan rings is 1. The van der Waals surface area contributed by atoms with Crippen LogP contribution in [0, 0.1) is 25.2 Å². The molecule has 0 atom stereocenters. The third-order valence-corrected chi connectivity index (χ3v) is 5.29. The molecule has 7 heteroatoms. The Hall–Kier alpha value is -4.83. The van der Waals surface area contributed by atoms with Gasteiger partial charge in [-0.05, 0) is 42.7 Å². The largest absolute Gasteiger partial charge is 0.482 e. The van der Waals surface area contributed by atoms with Gasteiger partial charge in [0.25, 0.3) is 5.91 Å². The van der Waals surface area contributed by atoms with Crippen LogP contribution in [0.15, 0.2) is 83.3 Å². The fourth-order valence-corrected chi connectivity index (χ4v) is 3.81. The van der Waals surface area contributed by atoms with Crippen molar-refractivity contribution >= 4 is 17.8 Å². The van der Waals surface area contributed by atoms with E-state index in [4.69, 9.17) is 13.9 Å². The van der Waals surface area contributed by atoms with Gasteiger partial charge in [0.2, 0.25) is 5.88 Å². The van der Waals surface area contributed by atoms with Gasteiger partial charge in [-0.1, -0.05) is 66.7 Å². The summed E-state index contributed by atoms with van der Waals surface area (Å²) in [7, 11) is 0. The third kappa shape index (κ3) is 5.80. The Morgan fingerprint density at radius 1 is 0.889 bits per heavy atom. The van der Waals surface area contributed by atoms with Crippen molar-refractivity contribution in [2.75, 3.05) is 18.5 Å². The quantitative estimate of drug-likeness (QED) is 0.326. The van der Waals surface area contributed by atoms with E-state index in [9.17, 15) is 14.9 Å². The maximum atomic E-state index is 12.5. The molecule has 0 aliphatic heterocycles. The van der Waals surface area contributed by atoms with Crippen LogP contribution in [-0.2, 0) is 14.3 Å². The van der Waals surface area contributed by atoms with Gasteiger partial charge in [0.15, 0.2) is 13.2 Å². The van der Waals surface area contributed by atoms with Gasteiger partial charge in [-0.15, -0.1) is 0 Å². The smallest absolute Gasteiger partial charge is 0.344 e. The third-order valence-electron chi connectivity index (χ3n) is 5.29. The fourth-order valence-electron chi connectivity index (χ4n) is 3.81. The molecule has 0 saturated heterocycles. The van der Waals surface area contributed by atoms with Crippen molar-refractivity contribution in [1.82, 2.24) is 0 Å². The monoisotopic (exact) mass is 480 g/mol. The number of aryl methyl sites for hydroxylation is 2. The van der Waals surface area contributed by atoms with E-state index in [2.05, 4.69) is 11.4 Å². The number of nitriles is 1. The second-order valence-corrected chi connectivity index (χ2v) is 8.18. The number of carbonyl (C=O) groups is 2. The highest BCUT2D eigenvalue weighted by molar-refractivity contribution is 5.96. The van der Waals surface area contributed by atoms with Crippen LogP contribution >= 0.6 is 0 Å². The summed E-state index contributed by atoms with van der Waals surface area (Å²) in [4.78, 5) is 24.6. The first-order valence-electron chi connectivity index (χ1n) is 11.3. The average molecular weight is 481 g/mol. The lowest BCUT2D eigenvalue weighted by atomic mass is 9.98. The van der Waals surface area contributed by atoms with Crippen LogP contribution in [0.4, 0.5) is 5.88 Å². The number of nitrogens with zero attached hydrogens (tertiary/aromatic N) is 1. The van der Waals surface area contributed by atoms with Gasteiger partial charge in [-0.2, -0.15) is 5.26 Å². The summed E-state index contributed by atoms with van der Waals surface area (Å²) in [5, 5.41) is 12.5. The Balaban J connectivity index is 1.47. The van der Waals surface area contributed by atoms with Crippen molar-refractivity contribution < 1.29 is 23.5 Å². The number of ether oxygens (including phenoxy) is 2. The second kappa shape index (κ2) is 11.1. The number of esters is 1. The Labute approximate surface area is 208 Å². The number of nitrogens with one attached hydrogen (secondary N) is 1. The maximum absolute atomic E-state index is 12.5. The van der Waals surface area contributed by atoms with Gasteiger partial charge in [0.1, 0.15) is 23.1 Å². The first-order valence-corrected chi connectivity index (χ1v) is 11.3. The zero-order valence-electron chi connectivity index (χ0n) is 19.9. The Morgan fingerprint density at radius 2 is 1.50 bits per heavy atom. The molecule has 4 aromatic rings. The predicted molar refractivity (Wildman–Crippen MR) is 135 cm³/mol. The molecule has 0 fully saturated rings. The van der Waals surface area contributed by atoms with Crippen LogP contribution in [-0.4, -0.2) is 25.1 Å². The van der Waals surface area contributed by atoms with Gasteiger partial charge in [-0.3, -0.25) is 10.1 Å². The number of amides is 1. The molecule has 180 valence electrons. The molecule has 0 unspecified atom stereocenters. The van der Waals surface area contributed by atoms with Crippen LogP contribution in [0.1, 0.15) is 16.7 Å². The summed E-state index contributed by atoms with van der Waals surface area (Å²) in [5.74, 6) is -0.348. The molecule has 0 aliphatic carbocycles. The molecular formula is C29H24N2O5. The minimum Gasteiger partial charge on any atom is -0.482 e. The minimum absolute atomic E-state index is 0.0114. The molecule has 1 N–H and O–H groups in total. The summed E-state index contributed by atoms with van der Waals surface area (Å²) < 4.78 is 16.5. The van der Waals surface area contributed by atoms with Crippen molar-refractivity contribution in [1.29, 1.82) is 5.26 Å². The number of carbonyl (C=O) groups excluding carboxylic acids is 2. The topological polar surface area (TPSA) is 102 Å². The highest BCUT2D eigenvalue weighted by atomic mass is 16.6. The zero-order chi connectivity index (χ0) is 25.5. The lowest BCUT2D eigenvalue weighted by Crippen LogP contribution is -2.23. The SMILES string of the molecule is Cc1cc(C)cc(OCC(=O)OCC(=O)Nc2oc(-c3ccccc3)c(-c3ccccc3)c2C#N)c1. The predicted octanol–water partition coefficient (Wildman–Crippen LogP) is 5.66. The van der Waals surface area contributed by atoms with Gasteiger partial charge >= 0.3 is 5.97 Å². The first-order chi connectivity index (χ1) is 17.4. The van der Waals surface area contributed by atoms with Crippen LogP contribution in [0.25, 0.3) is 22.5 Å². The standard InChI is InChI=1S/C29H24N2O5/c1-19-13-20(2)15-23(14-19)34-18-26(33)35-17-25(32)31-29-24(16-30)27(21-9-5-3-6-10-21)28(36-29)22-11-7-4-8-12-22/h3-15H,17-18H2,1-2H3,(H,31,32). The van der Waals surface area contributed by atoms with Crippen molar-refractivity contribution in [3.63, 3.8) is 0 Å². The Morgan fingerprint density at radius 3 is 2.11 bits per heavy atom. The van der Waals surface area contributed by atoms with Crippen molar-refractivity contribution in [3.8, 4) is 34.3 Å². The molecule has 1 amide bonds. The van der Waals surface area contributed by atoms with Gasteiger partial charge < -0.3 is 13.9 Å². The Kier molecular flexibility index (Phi) is 7.47. The lowest BCUT2D eigenvalue weighted by Gasteiger charge is -2.08. The molecule has 0 spiro atoms. The van der Waals surface area contributed by atoms with E-state index in [0.717, 1.165) is 22.3 Å². The van der Waals surface area contributed by atoms with Crippen molar-refractivity contribution in [2.24, 2.45) is 0 Å². The highest BCUT2D eigenvalue weighted by Gasteiger charge is 2.24. The molecule has 1 heterocycles. The summed E-state index contributed by atoms with van der Waals surface area (Å²) in [6.45, 7) is 2.97. The van der Waals surface area contributed by atoms with Crippen LogP contribution in [0.2, 0.25) is 0 Å². The van der Waals surface area contributed by atoms with Crippen LogP contribution in [0.5, 0.6) is 5.75 Å². The number of anilines is 1. The van der Waals surface area contributed by atoms with E-state index in [-0.39, 0.29) is 18.1 Å². The summed E-state index contributed by atoms with van der Waals surface area (Å²) >= 11 is 0. The van der Waals surface area contributed by atoms with E-state index in [1.54, 1.807) is 0 Å². The van der Waals surface area contributed by atoms with Crippen LogP contribution in [0.3, 0.4) is 0 Å². The van der Waals surface area contributed by atoms with E-state index in [0.29, 0.717) is 17.1 Å². The molecule has 0 radical (unpaired) electrons. The molecule has 7 nitrogen and oxygen atoms in total. The molecule has 0 bridgehead atoms. The van der Waals surface area contributed by atoms with Gasteiger partial charge in [0.05, 0.1) is 0 Å². The second-order valence-electron chi connectivity index (χ2n) is 8.18. The summed E-state index contributed by atoms with van der Waals surface area (Å²) in [6.07, 6.45) is 0. The number of hydrogen-bond donors (Lipinski definition) is 1. The molecule has 0 aliphatic rings. The van der Waals surface area contributed by atoms with Gasteiger partial charge in [0, 0.05) is 11.1 Å². The van der Waals surface area contributed by atoms with Crippen molar-refractivity contribution in [2.45, 2.75) is 13.8 Å². The summed E-state index contributed by atoms with van der Waals surface area (Å²) in [6, 6.07) is 26.4. The van der Waals surface area contributed by atoms with Crippen LogP contribution < -0.4 is 10.1 Å². The molecule has 1 aromatic heterocycles. The first kappa shape index (κ1) is 24.3. The van der Waals surface area contributed by atoms with E-state index in [1.807, 2.05) is 92.7 Å². The van der Waals surface area contributed by atoms with Gasteiger partial charge in [-0.25, -0.2) is 4.79 Å². The van der Waals surface area contributed by atoms with Crippen molar-refractivity contribution in [3.05, 3.63) is 95.6 Å². The fraction of sp³-hybridized carbons (Fsp3) is 0.138. The number of benzene rings is 3. The average Bonchev–Trinajstić information content (AvgIpc) is 3.24. The highest BCUT2D eigenvalue weighted by Crippen LogP contribution is 2.41. The minimum atomic E-state index is -0.695. The lowest BCUT2D eigenvalue weighted by molar-refractivity contribution is -0.149. The van der Waals surface area contributed by atoms with E-state index >= 15 is 0 Å². The number of rotatable bonds is 8. The van der Waals surface area contributed by atoms with E-state index < -0.39 is 18.5 Å². The molecular weight excluding hydrogens is 456 g/mol. The molecule has 36 heavy (non-hydrogen) atoms. The Bertz CT molecular complexity index is 1400. The van der Waals surface area contributed by atoms with E-state index in [1.165, 1.54) is 0 Å².